The van der Waals surface area contributed by atoms with Crippen LogP contribution in [-0.2, 0) is 0 Å². The number of hydrogen-bond acceptors (Lipinski definition) is 3. The van der Waals surface area contributed by atoms with Crippen LogP contribution in [0.3, 0.4) is 0 Å². The van der Waals surface area contributed by atoms with Crippen molar-refractivity contribution in [3.05, 3.63) is 0 Å². The zero-order valence-corrected chi connectivity index (χ0v) is 18.6. The van der Waals surface area contributed by atoms with Gasteiger partial charge in [-0.1, -0.05) is 0 Å². The minimum atomic E-state index is 0.335. The highest BCUT2D eigenvalue weighted by Gasteiger charge is 2.38. The van der Waals surface area contributed by atoms with Gasteiger partial charge in [-0.2, -0.15) is 0 Å². The molecule has 3 nitrogen and oxygen atoms in total. The van der Waals surface area contributed by atoms with Crippen LogP contribution in [0.4, 0.5) is 0 Å². The fourth-order valence-corrected chi connectivity index (χ4v) is 5.66. The first-order valence-corrected chi connectivity index (χ1v) is 11.4. The summed E-state index contributed by atoms with van der Waals surface area (Å²) in [5.74, 6) is 1.83. The zero-order valence-electron chi connectivity index (χ0n) is 18.6. The fourth-order valence-electron chi connectivity index (χ4n) is 5.66. The quantitative estimate of drug-likeness (QED) is 0.732. The molecule has 0 aromatic heterocycles. The molecule has 0 aromatic carbocycles. The summed E-state index contributed by atoms with van der Waals surface area (Å²) in [4.78, 5) is 8.35. The molecule has 3 saturated heterocycles. The molecule has 3 rings (SSSR count). The summed E-state index contributed by atoms with van der Waals surface area (Å²) in [5, 5.41) is 0. The van der Waals surface area contributed by atoms with Crippen molar-refractivity contribution >= 4 is 0 Å². The standard InChI is InChI=1S/C23H45N3/c1-22(2,3)25-15-11-19(12-16-25)17-24-13-8-10-21(24)20-9-7-14-26(18-20)23(4,5)6/h19-21H,7-18H2,1-6H3. The van der Waals surface area contributed by atoms with Gasteiger partial charge in [-0.15, -0.1) is 0 Å². The lowest BCUT2D eigenvalue weighted by atomic mass is 9.86. The molecule has 0 N–H and O–H groups in total. The average Bonchev–Trinajstić information content (AvgIpc) is 3.02. The van der Waals surface area contributed by atoms with Crippen LogP contribution in [0.15, 0.2) is 0 Å². The molecule has 0 bridgehead atoms. The zero-order chi connectivity index (χ0) is 18.9. The van der Waals surface area contributed by atoms with Crippen LogP contribution in [0.25, 0.3) is 0 Å². The van der Waals surface area contributed by atoms with Gasteiger partial charge in [0.05, 0.1) is 0 Å². The Bertz CT molecular complexity index is 439. The van der Waals surface area contributed by atoms with Crippen LogP contribution >= 0.6 is 0 Å². The molecule has 3 heteroatoms. The lowest BCUT2D eigenvalue weighted by molar-refractivity contribution is 0.0331. The van der Waals surface area contributed by atoms with Gasteiger partial charge in [-0.05, 0) is 118 Å². The number of piperidine rings is 2. The summed E-state index contributed by atoms with van der Waals surface area (Å²) in [7, 11) is 0. The van der Waals surface area contributed by atoms with Gasteiger partial charge in [0.1, 0.15) is 0 Å². The molecule has 26 heavy (non-hydrogen) atoms. The Labute approximate surface area is 163 Å². The van der Waals surface area contributed by atoms with Crippen LogP contribution in [0.5, 0.6) is 0 Å². The minimum absolute atomic E-state index is 0.335. The molecule has 0 radical (unpaired) electrons. The Morgan fingerprint density at radius 3 is 1.92 bits per heavy atom. The number of hydrogen-bond donors (Lipinski definition) is 0. The van der Waals surface area contributed by atoms with Gasteiger partial charge in [-0.25, -0.2) is 0 Å². The van der Waals surface area contributed by atoms with Crippen molar-refractivity contribution < 1.29 is 0 Å². The van der Waals surface area contributed by atoms with Crippen molar-refractivity contribution in [1.29, 1.82) is 0 Å². The molecule has 152 valence electrons. The molecule has 0 aliphatic carbocycles. The Balaban J connectivity index is 1.53. The second-order valence-electron chi connectivity index (χ2n) is 11.3. The van der Waals surface area contributed by atoms with E-state index in [-0.39, 0.29) is 0 Å². The highest BCUT2D eigenvalue weighted by atomic mass is 15.2. The Kier molecular flexibility index (Phi) is 6.41. The molecule has 0 aromatic rings. The van der Waals surface area contributed by atoms with Crippen LogP contribution in [-0.4, -0.2) is 71.1 Å². The predicted octanol–water partition coefficient (Wildman–Crippen LogP) is 4.47. The van der Waals surface area contributed by atoms with Crippen molar-refractivity contribution in [2.75, 3.05) is 39.3 Å². The molecule has 3 fully saturated rings. The highest BCUT2D eigenvalue weighted by Crippen LogP contribution is 2.34. The molecule has 2 unspecified atom stereocenters. The monoisotopic (exact) mass is 363 g/mol. The topological polar surface area (TPSA) is 9.72 Å². The van der Waals surface area contributed by atoms with Crippen LogP contribution in [0.1, 0.15) is 80.1 Å². The molecular formula is C23H45N3. The van der Waals surface area contributed by atoms with Crippen molar-refractivity contribution in [2.45, 2.75) is 97.2 Å². The van der Waals surface area contributed by atoms with E-state index in [4.69, 9.17) is 0 Å². The molecule has 2 atom stereocenters. The Hall–Kier alpha value is -0.120. The van der Waals surface area contributed by atoms with Gasteiger partial charge in [0.2, 0.25) is 0 Å². The highest BCUT2D eigenvalue weighted by molar-refractivity contribution is 4.93. The van der Waals surface area contributed by atoms with E-state index in [2.05, 4.69) is 56.2 Å². The summed E-state index contributed by atoms with van der Waals surface area (Å²) in [6.07, 6.45) is 8.53. The molecule has 0 amide bonds. The summed E-state index contributed by atoms with van der Waals surface area (Å²) in [6.45, 7) is 22.2. The maximum atomic E-state index is 2.91. The summed E-state index contributed by atoms with van der Waals surface area (Å²) >= 11 is 0. The third kappa shape index (κ3) is 5.02. The fraction of sp³-hybridized carbons (Fsp3) is 1.00. The van der Waals surface area contributed by atoms with Gasteiger partial charge in [-0.3, -0.25) is 14.7 Å². The lowest BCUT2D eigenvalue weighted by Crippen LogP contribution is -2.52. The molecule has 0 spiro atoms. The third-order valence-corrected chi connectivity index (χ3v) is 7.42. The minimum Gasteiger partial charge on any atom is -0.300 e. The van der Waals surface area contributed by atoms with Gasteiger partial charge in [0, 0.05) is 30.2 Å². The summed E-state index contributed by atoms with van der Waals surface area (Å²) in [5.41, 5.74) is 0.682. The smallest absolute Gasteiger partial charge is 0.0136 e. The number of rotatable bonds is 3. The summed E-state index contributed by atoms with van der Waals surface area (Å²) < 4.78 is 0. The third-order valence-electron chi connectivity index (χ3n) is 7.42. The molecule has 0 saturated carbocycles. The van der Waals surface area contributed by atoms with Crippen molar-refractivity contribution in [3.8, 4) is 0 Å². The van der Waals surface area contributed by atoms with Gasteiger partial charge < -0.3 is 0 Å². The Morgan fingerprint density at radius 1 is 0.692 bits per heavy atom. The van der Waals surface area contributed by atoms with Crippen molar-refractivity contribution in [2.24, 2.45) is 11.8 Å². The molecular weight excluding hydrogens is 318 g/mol. The largest absolute Gasteiger partial charge is 0.300 e. The number of nitrogens with zero attached hydrogens (tertiary/aromatic N) is 3. The van der Waals surface area contributed by atoms with E-state index in [1.807, 2.05) is 0 Å². The van der Waals surface area contributed by atoms with E-state index in [1.165, 1.54) is 77.8 Å². The van der Waals surface area contributed by atoms with Crippen molar-refractivity contribution in [1.82, 2.24) is 14.7 Å². The first-order valence-electron chi connectivity index (χ1n) is 11.4. The van der Waals surface area contributed by atoms with E-state index >= 15 is 0 Å². The first-order chi connectivity index (χ1) is 12.1. The van der Waals surface area contributed by atoms with Gasteiger partial charge in [0.15, 0.2) is 0 Å². The predicted molar refractivity (Wildman–Crippen MR) is 113 cm³/mol. The van der Waals surface area contributed by atoms with Gasteiger partial charge in [0.25, 0.3) is 0 Å². The van der Waals surface area contributed by atoms with Gasteiger partial charge >= 0.3 is 0 Å². The van der Waals surface area contributed by atoms with Crippen LogP contribution < -0.4 is 0 Å². The first kappa shape index (κ1) is 20.6. The molecule has 3 aliphatic heterocycles. The van der Waals surface area contributed by atoms with E-state index in [9.17, 15) is 0 Å². The van der Waals surface area contributed by atoms with E-state index in [0.29, 0.717) is 11.1 Å². The van der Waals surface area contributed by atoms with E-state index in [1.54, 1.807) is 0 Å². The summed E-state index contributed by atoms with van der Waals surface area (Å²) in [6, 6.07) is 0.862. The van der Waals surface area contributed by atoms with Crippen LogP contribution in [0, 0.1) is 11.8 Å². The molecule has 3 heterocycles. The second kappa shape index (κ2) is 8.09. The van der Waals surface area contributed by atoms with E-state index < -0.39 is 0 Å². The normalized spacial score (nSPS) is 31.6. The number of likely N-dealkylation sites (tertiary alicyclic amines) is 3. The second-order valence-corrected chi connectivity index (χ2v) is 11.3. The lowest BCUT2D eigenvalue weighted by Gasteiger charge is -2.46. The average molecular weight is 364 g/mol. The van der Waals surface area contributed by atoms with E-state index in [0.717, 1.165) is 17.9 Å². The van der Waals surface area contributed by atoms with Crippen molar-refractivity contribution in [3.63, 3.8) is 0 Å². The maximum Gasteiger partial charge on any atom is 0.0136 e. The molecule has 3 aliphatic rings. The SMILES string of the molecule is CC(C)(C)N1CCC(CN2CCCC2C2CCCN(C(C)(C)C)C2)CC1. The van der Waals surface area contributed by atoms with Crippen LogP contribution in [0.2, 0.25) is 0 Å². The Morgan fingerprint density at radius 2 is 1.31 bits per heavy atom. The maximum absolute atomic E-state index is 2.91.